The molecule has 132 valence electrons. The van der Waals surface area contributed by atoms with Gasteiger partial charge >= 0.3 is 0 Å². The lowest BCUT2D eigenvalue weighted by molar-refractivity contribution is -0.0232. The van der Waals surface area contributed by atoms with E-state index in [1.54, 1.807) is 6.42 Å². The molecule has 0 heteroatoms. The quantitative estimate of drug-likeness (QED) is 0.487. The summed E-state index contributed by atoms with van der Waals surface area (Å²) in [5.74, 6) is 5.12. The lowest BCUT2D eigenvalue weighted by Gasteiger charge is -2.52. The van der Waals surface area contributed by atoms with Crippen molar-refractivity contribution in [1.82, 2.24) is 0 Å². The Balaban J connectivity index is 0.00000116. The number of rotatable bonds is 5. The first kappa shape index (κ1) is 20.0. The monoisotopic (exact) mass is 308 g/mol. The van der Waals surface area contributed by atoms with Gasteiger partial charge in [0.05, 0.1) is 0 Å². The summed E-state index contributed by atoms with van der Waals surface area (Å²) in [5, 5.41) is 0. The van der Waals surface area contributed by atoms with Crippen molar-refractivity contribution < 1.29 is 0 Å². The van der Waals surface area contributed by atoms with Crippen LogP contribution in [0.1, 0.15) is 106 Å². The predicted molar refractivity (Wildman–Crippen MR) is 101 cm³/mol. The second-order valence-electron chi connectivity index (χ2n) is 8.79. The minimum absolute atomic E-state index is 0.601. The summed E-state index contributed by atoms with van der Waals surface area (Å²) in [6.45, 7) is 16.4. The van der Waals surface area contributed by atoms with Crippen LogP contribution in [0.2, 0.25) is 0 Å². The molecule has 2 aliphatic carbocycles. The maximum atomic E-state index is 2.57. The highest BCUT2D eigenvalue weighted by Crippen LogP contribution is 2.55. The van der Waals surface area contributed by atoms with Crippen LogP contribution in [0.5, 0.6) is 0 Å². The molecule has 0 aliphatic heterocycles. The van der Waals surface area contributed by atoms with Gasteiger partial charge in [-0.15, -0.1) is 0 Å². The SMILES string of the molecule is CC.CCCCC1CC2C(C)CC(CCC)CC2CC1(C)C. The van der Waals surface area contributed by atoms with E-state index in [9.17, 15) is 0 Å². The van der Waals surface area contributed by atoms with E-state index in [-0.39, 0.29) is 0 Å². The van der Waals surface area contributed by atoms with E-state index in [1.165, 1.54) is 51.4 Å². The second-order valence-corrected chi connectivity index (χ2v) is 8.79. The van der Waals surface area contributed by atoms with Gasteiger partial charge in [-0.1, -0.05) is 74.1 Å². The Morgan fingerprint density at radius 2 is 1.59 bits per heavy atom. The first-order chi connectivity index (χ1) is 10.5. The third kappa shape index (κ3) is 5.00. The van der Waals surface area contributed by atoms with Gasteiger partial charge < -0.3 is 0 Å². The van der Waals surface area contributed by atoms with Crippen LogP contribution in [0.25, 0.3) is 0 Å². The molecule has 0 aromatic heterocycles. The molecule has 0 bridgehead atoms. The Bertz CT molecular complexity index is 290. The minimum atomic E-state index is 0.601. The van der Waals surface area contributed by atoms with E-state index in [2.05, 4.69) is 34.6 Å². The average Bonchev–Trinajstić information content (AvgIpc) is 2.47. The second kappa shape index (κ2) is 9.33. The van der Waals surface area contributed by atoms with Gasteiger partial charge in [0, 0.05) is 0 Å². The van der Waals surface area contributed by atoms with E-state index in [4.69, 9.17) is 0 Å². The Kier molecular flexibility index (Phi) is 8.50. The largest absolute Gasteiger partial charge is 0.0683 e. The van der Waals surface area contributed by atoms with Gasteiger partial charge in [-0.25, -0.2) is 0 Å². The normalized spacial score (nSPS) is 37.0. The van der Waals surface area contributed by atoms with Crippen LogP contribution in [0.3, 0.4) is 0 Å². The van der Waals surface area contributed by atoms with E-state index in [0.29, 0.717) is 5.41 Å². The fraction of sp³-hybridized carbons (Fsp3) is 1.00. The molecule has 0 nitrogen and oxygen atoms in total. The molecule has 5 atom stereocenters. The Morgan fingerprint density at radius 3 is 2.18 bits per heavy atom. The molecule has 0 aromatic carbocycles. The summed E-state index contributed by atoms with van der Waals surface area (Å²) in [4.78, 5) is 0. The van der Waals surface area contributed by atoms with Crippen LogP contribution < -0.4 is 0 Å². The molecule has 0 saturated heterocycles. The number of fused-ring (bicyclic) bond motifs is 1. The maximum Gasteiger partial charge on any atom is -0.0323 e. The molecule has 0 aromatic rings. The molecule has 5 unspecified atom stereocenters. The van der Waals surface area contributed by atoms with E-state index in [1.807, 2.05) is 13.8 Å². The topological polar surface area (TPSA) is 0 Å². The van der Waals surface area contributed by atoms with Crippen molar-refractivity contribution in [1.29, 1.82) is 0 Å². The van der Waals surface area contributed by atoms with Gasteiger partial charge in [0.25, 0.3) is 0 Å². The molecule has 0 radical (unpaired) electrons. The highest BCUT2D eigenvalue weighted by Gasteiger charge is 2.45. The van der Waals surface area contributed by atoms with Crippen molar-refractivity contribution in [2.24, 2.45) is 35.0 Å². The Morgan fingerprint density at radius 1 is 0.909 bits per heavy atom. The summed E-state index contributed by atoms with van der Waals surface area (Å²) in [6.07, 6.45) is 13.3. The Hall–Kier alpha value is 0. The molecule has 2 rings (SSSR count). The molecular weight excluding hydrogens is 264 g/mol. The van der Waals surface area contributed by atoms with Gasteiger partial charge in [0.1, 0.15) is 0 Å². The van der Waals surface area contributed by atoms with Crippen LogP contribution >= 0.6 is 0 Å². The van der Waals surface area contributed by atoms with Gasteiger partial charge in [-0.05, 0) is 67.1 Å². The highest BCUT2D eigenvalue weighted by atomic mass is 14.5. The fourth-order valence-corrected chi connectivity index (χ4v) is 5.62. The molecule has 2 fully saturated rings. The molecule has 2 saturated carbocycles. The molecular formula is C22H44. The zero-order valence-electron chi connectivity index (χ0n) is 16.8. The van der Waals surface area contributed by atoms with Crippen LogP contribution in [0.4, 0.5) is 0 Å². The number of unbranched alkanes of at least 4 members (excludes halogenated alkanes) is 1. The molecule has 2 aliphatic rings. The highest BCUT2D eigenvalue weighted by molar-refractivity contribution is 4.95. The lowest BCUT2D eigenvalue weighted by Crippen LogP contribution is -2.43. The standard InChI is InChI=1S/C20H38.C2H6/c1-6-8-10-18-13-19-15(3)11-16(9-7-2)12-17(19)14-20(18,4)5;1-2/h15-19H,6-14H2,1-5H3;1-2H3. The van der Waals surface area contributed by atoms with Crippen molar-refractivity contribution >= 4 is 0 Å². The summed E-state index contributed by atoms with van der Waals surface area (Å²) in [6, 6.07) is 0. The van der Waals surface area contributed by atoms with Crippen molar-refractivity contribution in [2.45, 2.75) is 106 Å². The van der Waals surface area contributed by atoms with Gasteiger partial charge in [0.15, 0.2) is 0 Å². The minimum Gasteiger partial charge on any atom is -0.0683 e. The molecule has 0 amide bonds. The molecule has 22 heavy (non-hydrogen) atoms. The van der Waals surface area contributed by atoms with Gasteiger partial charge in [-0.3, -0.25) is 0 Å². The summed E-state index contributed by atoms with van der Waals surface area (Å²) < 4.78 is 0. The summed E-state index contributed by atoms with van der Waals surface area (Å²) in [7, 11) is 0. The maximum absolute atomic E-state index is 2.57. The zero-order valence-corrected chi connectivity index (χ0v) is 16.8. The fourth-order valence-electron chi connectivity index (χ4n) is 5.62. The van der Waals surface area contributed by atoms with Crippen LogP contribution in [-0.4, -0.2) is 0 Å². The van der Waals surface area contributed by atoms with Crippen LogP contribution in [0, 0.1) is 35.0 Å². The molecule has 0 N–H and O–H groups in total. The Labute approximate surface area is 141 Å². The van der Waals surface area contributed by atoms with Crippen LogP contribution in [0.15, 0.2) is 0 Å². The van der Waals surface area contributed by atoms with Gasteiger partial charge in [0.2, 0.25) is 0 Å². The zero-order chi connectivity index (χ0) is 16.8. The number of hydrogen-bond acceptors (Lipinski definition) is 0. The summed E-state index contributed by atoms with van der Waals surface area (Å²) >= 11 is 0. The smallest absolute Gasteiger partial charge is 0.0323 e. The van der Waals surface area contributed by atoms with Crippen molar-refractivity contribution in [3.63, 3.8) is 0 Å². The average molecular weight is 309 g/mol. The van der Waals surface area contributed by atoms with Crippen molar-refractivity contribution in [3.05, 3.63) is 0 Å². The van der Waals surface area contributed by atoms with Gasteiger partial charge in [-0.2, -0.15) is 0 Å². The van der Waals surface area contributed by atoms with E-state index in [0.717, 1.165) is 29.6 Å². The molecule has 0 heterocycles. The first-order valence-electron chi connectivity index (χ1n) is 10.5. The first-order valence-corrected chi connectivity index (χ1v) is 10.5. The van der Waals surface area contributed by atoms with E-state index >= 15 is 0 Å². The third-order valence-electron chi connectivity index (χ3n) is 6.73. The van der Waals surface area contributed by atoms with Crippen molar-refractivity contribution in [2.75, 3.05) is 0 Å². The lowest BCUT2D eigenvalue weighted by atomic mass is 9.53. The predicted octanol–water partition coefficient (Wildman–Crippen LogP) is 7.72. The third-order valence-corrected chi connectivity index (χ3v) is 6.73. The molecule has 0 spiro atoms. The van der Waals surface area contributed by atoms with E-state index < -0.39 is 0 Å². The van der Waals surface area contributed by atoms with Crippen molar-refractivity contribution in [3.8, 4) is 0 Å². The number of hydrogen-bond donors (Lipinski definition) is 0. The van der Waals surface area contributed by atoms with Crippen LogP contribution in [-0.2, 0) is 0 Å². The summed E-state index contributed by atoms with van der Waals surface area (Å²) in [5.41, 5.74) is 0.601.